The third-order valence-electron chi connectivity index (χ3n) is 6.15. The fourth-order valence-corrected chi connectivity index (χ4v) is 5.82. The van der Waals surface area contributed by atoms with Crippen LogP contribution in [0.1, 0.15) is 24.5 Å². The maximum absolute atomic E-state index is 4.98. The number of imidazole rings is 1. The highest BCUT2D eigenvalue weighted by Crippen LogP contribution is 2.44. The minimum absolute atomic E-state index is 0.648. The Bertz CT molecular complexity index is 1080. The second-order valence-electron chi connectivity index (χ2n) is 7.87. The minimum atomic E-state index is 0.648. The summed E-state index contributed by atoms with van der Waals surface area (Å²) in [5.41, 5.74) is 3.57. The molecule has 2 unspecified atom stereocenters. The van der Waals surface area contributed by atoms with Crippen molar-refractivity contribution in [3.63, 3.8) is 0 Å². The minimum Gasteiger partial charge on any atom is -0.316 e. The lowest BCUT2D eigenvalue weighted by molar-refractivity contribution is 0.494. The number of nitrogens with one attached hydrogen (secondary N) is 1. The average molecular weight is 363 g/mol. The van der Waals surface area contributed by atoms with Gasteiger partial charge in [0, 0.05) is 36.9 Å². The Morgan fingerprint density at radius 1 is 1.12 bits per heavy atom. The van der Waals surface area contributed by atoms with Gasteiger partial charge in [-0.25, -0.2) is 4.98 Å². The number of aromatic nitrogens is 4. The van der Waals surface area contributed by atoms with E-state index in [0.29, 0.717) is 5.92 Å². The van der Waals surface area contributed by atoms with Gasteiger partial charge in [0.15, 0.2) is 4.96 Å². The molecule has 26 heavy (non-hydrogen) atoms. The Kier molecular flexibility index (Phi) is 3.11. The molecule has 0 spiro atoms. The number of aryl methyl sites for hydroxylation is 1. The summed E-state index contributed by atoms with van der Waals surface area (Å²) in [6.07, 6.45) is 9.16. The Morgan fingerprint density at radius 2 is 1.96 bits per heavy atom. The summed E-state index contributed by atoms with van der Waals surface area (Å²) in [7, 11) is 1.97. The number of benzene rings is 1. The number of fused-ring (bicyclic) bond motifs is 3. The van der Waals surface area contributed by atoms with E-state index in [-0.39, 0.29) is 0 Å². The molecule has 6 heteroatoms. The first-order valence-corrected chi connectivity index (χ1v) is 10.2. The van der Waals surface area contributed by atoms with Crippen LogP contribution in [0.25, 0.3) is 26.3 Å². The second kappa shape index (κ2) is 5.41. The smallest absolute Gasteiger partial charge is 0.194 e. The third kappa shape index (κ3) is 2.25. The normalized spacial score (nSPS) is 25.5. The van der Waals surface area contributed by atoms with E-state index in [1.54, 1.807) is 11.3 Å². The van der Waals surface area contributed by atoms with Crippen molar-refractivity contribution in [3.8, 4) is 10.4 Å². The molecule has 0 radical (unpaired) electrons. The summed E-state index contributed by atoms with van der Waals surface area (Å²) in [6, 6.07) is 6.48. The molecule has 3 aromatic heterocycles. The van der Waals surface area contributed by atoms with Gasteiger partial charge in [-0.3, -0.25) is 9.08 Å². The molecular weight excluding hydrogens is 342 g/mol. The first-order chi connectivity index (χ1) is 12.7. The first-order valence-electron chi connectivity index (χ1n) is 9.36. The summed E-state index contributed by atoms with van der Waals surface area (Å²) in [4.78, 5) is 7.35. The van der Waals surface area contributed by atoms with Crippen LogP contribution >= 0.6 is 11.3 Å². The average Bonchev–Trinajstić information content (AvgIpc) is 3.37. The van der Waals surface area contributed by atoms with Crippen molar-refractivity contribution in [2.45, 2.75) is 18.8 Å². The zero-order valence-electron chi connectivity index (χ0n) is 14.7. The van der Waals surface area contributed by atoms with Crippen LogP contribution in [0.15, 0.2) is 36.8 Å². The second-order valence-corrected chi connectivity index (χ2v) is 8.88. The maximum atomic E-state index is 4.98. The summed E-state index contributed by atoms with van der Waals surface area (Å²) in [5.74, 6) is 2.37. The zero-order valence-corrected chi connectivity index (χ0v) is 15.5. The lowest BCUT2D eigenvalue weighted by Gasteiger charge is -2.07. The van der Waals surface area contributed by atoms with Gasteiger partial charge in [-0.05, 0) is 55.5 Å². The van der Waals surface area contributed by atoms with Gasteiger partial charge in [0.25, 0.3) is 0 Å². The molecule has 2 fully saturated rings. The van der Waals surface area contributed by atoms with Crippen molar-refractivity contribution in [1.82, 2.24) is 24.5 Å². The number of hydrogen-bond donors (Lipinski definition) is 1. The zero-order chi connectivity index (χ0) is 17.3. The van der Waals surface area contributed by atoms with Crippen molar-refractivity contribution >= 4 is 27.2 Å². The van der Waals surface area contributed by atoms with Gasteiger partial charge in [-0.15, -0.1) is 0 Å². The summed E-state index contributed by atoms with van der Waals surface area (Å²) >= 11 is 1.78. The fraction of sp³-hybridized carbons (Fsp3) is 0.400. The molecule has 1 N–H and O–H groups in total. The van der Waals surface area contributed by atoms with Gasteiger partial charge >= 0.3 is 0 Å². The van der Waals surface area contributed by atoms with Crippen LogP contribution in [-0.2, 0) is 7.05 Å². The first kappa shape index (κ1) is 14.9. The molecule has 132 valence electrons. The van der Waals surface area contributed by atoms with Gasteiger partial charge in [0.1, 0.15) is 0 Å². The molecule has 1 aliphatic carbocycles. The molecule has 1 aliphatic heterocycles. The molecule has 5 nitrogen and oxygen atoms in total. The molecule has 1 saturated carbocycles. The van der Waals surface area contributed by atoms with E-state index in [2.05, 4.69) is 51.6 Å². The highest BCUT2D eigenvalue weighted by Gasteiger charge is 2.38. The summed E-state index contributed by atoms with van der Waals surface area (Å²) in [5, 5.41) is 9.17. The molecule has 4 aromatic rings. The molecule has 2 aliphatic rings. The van der Waals surface area contributed by atoms with Crippen LogP contribution in [0.4, 0.5) is 0 Å². The van der Waals surface area contributed by atoms with Crippen LogP contribution in [-0.4, -0.2) is 32.3 Å². The lowest BCUT2D eigenvalue weighted by Crippen LogP contribution is -2.11. The monoisotopic (exact) mass is 363 g/mol. The van der Waals surface area contributed by atoms with Crippen molar-refractivity contribution in [2.24, 2.45) is 18.9 Å². The molecule has 0 bridgehead atoms. The van der Waals surface area contributed by atoms with E-state index in [4.69, 9.17) is 4.98 Å². The van der Waals surface area contributed by atoms with Crippen molar-refractivity contribution in [1.29, 1.82) is 0 Å². The Morgan fingerprint density at radius 3 is 2.77 bits per heavy atom. The predicted octanol–water partition coefficient (Wildman–Crippen LogP) is 3.66. The topological polar surface area (TPSA) is 47.1 Å². The number of thiazole rings is 1. The van der Waals surface area contributed by atoms with E-state index in [9.17, 15) is 0 Å². The molecular formula is C20H21N5S. The van der Waals surface area contributed by atoms with Gasteiger partial charge in [0.2, 0.25) is 0 Å². The molecule has 0 amide bonds. The largest absolute Gasteiger partial charge is 0.316 e. The molecule has 2 atom stereocenters. The van der Waals surface area contributed by atoms with E-state index in [0.717, 1.165) is 22.3 Å². The van der Waals surface area contributed by atoms with E-state index < -0.39 is 0 Å². The fourth-order valence-electron chi connectivity index (χ4n) is 4.85. The van der Waals surface area contributed by atoms with Crippen molar-refractivity contribution in [3.05, 3.63) is 42.5 Å². The standard InChI is InChI=1S/C20H21N5S/c1-24-9-16-4-12(2-3-17(16)23-24)19-11-25-10-18(22-20(25)26-19)13-5-14-7-21-8-15(14)6-13/h2-4,9-11,13-15,21H,5-8H2,1H3. The van der Waals surface area contributed by atoms with Gasteiger partial charge < -0.3 is 5.32 Å². The molecule has 4 heterocycles. The van der Waals surface area contributed by atoms with Crippen molar-refractivity contribution < 1.29 is 0 Å². The van der Waals surface area contributed by atoms with E-state index in [1.807, 2.05) is 11.7 Å². The van der Waals surface area contributed by atoms with Crippen molar-refractivity contribution in [2.75, 3.05) is 13.1 Å². The van der Waals surface area contributed by atoms with Crippen LogP contribution < -0.4 is 5.32 Å². The third-order valence-corrected chi connectivity index (χ3v) is 7.20. The SMILES string of the molecule is Cn1cc2cc(-c3cn4cc(C5CC6CNCC6C5)nc4s3)ccc2n1. The van der Waals surface area contributed by atoms with Crippen LogP contribution in [0, 0.1) is 11.8 Å². The number of rotatable bonds is 2. The Labute approximate surface area is 155 Å². The highest BCUT2D eigenvalue weighted by molar-refractivity contribution is 7.20. The maximum Gasteiger partial charge on any atom is 0.194 e. The Balaban J connectivity index is 1.32. The Hall–Kier alpha value is -2.18. The highest BCUT2D eigenvalue weighted by atomic mass is 32.1. The predicted molar refractivity (Wildman–Crippen MR) is 105 cm³/mol. The quantitative estimate of drug-likeness (QED) is 0.591. The number of hydrogen-bond acceptors (Lipinski definition) is 4. The molecule has 1 saturated heterocycles. The van der Waals surface area contributed by atoms with E-state index >= 15 is 0 Å². The number of nitrogens with zero attached hydrogens (tertiary/aromatic N) is 4. The molecule has 6 rings (SSSR count). The molecule has 1 aromatic carbocycles. The van der Waals surface area contributed by atoms with Gasteiger partial charge in [0.05, 0.1) is 16.1 Å². The van der Waals surface area contributed by atoms with Gasteiger partial charge in [-0.2, -0.15) is 5.10 Å². The summed E-state index contributed by atoms with van der Waals surface area (Å²) in [6.45, 7) is 2.40. The van der Waals surface area contributed by atoms with E-state index in [1.165, 1.54) is 47.5 Å². The van der Waals surface area contributed by atoms with Gasteiger partial charge in [-0.1, -0.05) is 17.4 Å². The summed E-state index contributed by atoms with van der Waals surface area (Å²) < 4.78 is 4.09. The van der Waals surface area contributed by atoms with Crippen LogP contribution in [0.5, 0.6) is 0 Å². The van der Waals surface area contributed by atoms with Crippen LogP contribution in [0.2, 0.25) is 0 Å². The van der Waals surface area contributed by atoms with Crippen LogP contribution in [0.3, 0.4) is 0 Å². The lowest BCUT2D eigenvalue weighted by atomic mass is 10.0.